The third-order valence-corrected chi connectivity index (χ3v) is 2.76. The normalized spacial score (nSPS) is 19.8. The second-order valence-electron chi connectivity index (χ2n) is 3.85. The molecule has 1 aliphatic rings. The van der Waals surface area contributed by atoms with Gasteiger partial charge >= 0.3 is 0 Å². The molecule has 1 amide bonds. The summed E-state index contributed by atoms with van der Waals surface area (Å²) in [7, 11) is 1.91. The van der Waals surface area contributed by atoms with Crippen molar-refractivity contribution < 1.29 is 4.79 Å². The minimum Gasteiger partial charge on any atom is -0.346 e. The smallest absolute Gasteiger partial charge is 0.247 e. The summed E-state index contributed by atoms with van der Waals surface area (Å²) >= 11 is 0. The number of fused-ring (bicyclic) bond motifs is 1. The van der Waals surface area contributed by atoms with E-state index in [1.807, 2.05) is 37.9 Å². The third-order valence-electron chi connectivity index (χ3n) is 2.76. The summed E-state index contributed by atoms with van der Waals surface area (Å²) < 4.78 is 0. The first kappa shape index (κ1) is 9.96. The lowest BCUT2D eigenvalue weighted by Crippen LogP contribution is -2.46. The van der Waals surface area contributed by atoms with Gasteiger partial charge in [0.15, 0.2) is 5.82 Å². The molecule has 1 aromatic heterocycles. The average molecular weight is 205 g/mol. The predicted octanol–water partition coefficient (Wildman–Crippen LogP) is 1.56. The summed E-state index contributed by atoms with van der Waals surface area (Å²) in [5, 5.41) is 2.88. The molecule has 80 valence electrons. The fourth-order valence-corrected chi connectivity index (χ4v) is 1.91. The van der Waals surface area contributed by atoms with E-state index in [1.54, 1.807) is 0 Å². The minimum absolute atomic E-state index is 0.0538. The topological polar surface area (TPSA) is 45.2 Å². The van der Waals surface area contributed by atoms with Crippen LogP contribution >= 0.6 is 0 Å². The zero-order valence-corrected chi connectivity index (χ0v) is 9.24. The third kappa shape index (κ3) is 1.56. The van der Waals surface area contributed by atoms with Crippen LogP contribution in [-0.2, 0) is 4.79 Å². The highest BCUT2D eigenvalue weighted by Gasteiger charge is 2.29. The van der Waals surface area contributed by atoms with Crippen molar-refractivity contribution in [3.05, 3.63) is 17.8 Å². The molecule has 15 heavy (non-hydrogen) atoms. The second kappa shape index (κ2) is 3.53. The van der Waals surface area contributed by atoms with Crippen molar-refractivity contribution in [2.45, 2.75) is 26.3 Å². The molecule has 1 aromatic rings. The van der Waals surface area contributed by atoms with Crippen molar-refractivity contribution in [2.24, 2.45) is 0 Å². The fraction of sp³-hybridized carbons (Fsp3) is 0.455. The van der Waals surface area contributed by atoms with E-state index in [4.69, 9.17) is 0 Å². The molecule has 4 nitrogen and oxygen atoms in total. The van der Waals surface area contributed by atoms with Crippen LogP contribution in [0, 0.1) is 6.92 Å². The van der Waals surface area contributed by atoms with E-state index >= 15 is 0 Å². The second-order valence-corrected chi connectivity index (χ2v) is 3.85. The molecule has 1 unspecified atom stereocenters. The van der Waals surface area contributed by atoms with Crippen LogP contribution in [0.15, 0.2) is 12.1 Å². The standard InChI is InChI=1S/C11H15N3O/c1-4-9-11(15)13-8-6-5-7(2)12-10(8)14(9)3/h5-6,9H,4H2,1-3H3,(H,13,15). The first-order valence-electron chi connectivity index (χ1n) is 5.15. The lowest BCUT2D eigenvalue weighted by atomic mass is 10.1. The number of carbonyl (C=O) groups is 1. The number of carbonyl (C=O) groups excluding carboxylic acids is 1. The lowest BCUT2D eigenvalue weighted by molar-refractivity contribution is -0.117. The van der Waals surface area contributed by atoms with E-state index in [-0.39, 0.29) is 11.9 Å². The number of hydrogen-bond acceptors (Lipinski definition) is 3. The molecule has 0 spiro atoms. The van der Waals surface area contributed by atoms with E-state index in [1.165, 1.54) is 0 Å². The Bertz CT molecular complexity index is 403. The van der Waals surface area contributed by atoms with Crippen LogP contribution in [0.2, 0.25) is 0 Å². The Morgan fingerprint density at radius 1 is 1.53 bits per heavy atom. The average Bonchev–Trinajstić information content (AvgIpc) is 2.20. The Morgan fingerprint density at radius 3 is 2.93 bits per heavy atom. The Kier molecular flexibility index (Phi) is 2.34. The van der Waals surface area contributed by atoms with Crippen LogP contribution in [-0.4, -0.2) is 24.0 Å². The number of nitrogens with one attached hydrogen (secondary N) is 1. The number of hydrogen-bond donors (Lipinski definition) is 1. The molecule has 0 aromatic carbocycles. The zero-order valence-electron chi connectivity index (χ0n) is 9.24. The van der Waals surface area contributed by atoms with Gasteiger partial charge in [-0.3, -0.25) is 4.79 Å². The zero-order chi connectivity index (χ0) is 11.0. The highest BCUT2D eigenvalue weighted by atomic mass is 16.2. The number of rotatable bonds is 1. The molecule has 1 N–H and O–H groups in total. The number of anilines is 2. The molecule has 0 fully saturated rings. The number of amides is 1. The fourth-order valence-electron chi connectivity index (χ4n) is 1.91. The maximum absolute atomic E-state index is 11.7. The van der Waals surface area contributed by atoms with Gasteiger partial charge < -0.3 is 10.2 Å². The number of aryl methyl sites for hydroxylation is 1. The summed E-state index contributed by atoms with van der Waals surface area (Å²) in [6.45, 7) is 3.95. The van der Waals surface area contributed by atoms with Gasteiger partial charge in [0, 0.05) is 12.7 Å². The quantitative estimate of drug-likeness (QED) is 0.756. The molecular weight excluding hydrogens is 190 g/mol. The number of aromatic nitrogens is 1. The highest BCUT2D eigenvalue weighted by Crippen LogP contribution is 2.29. The Hall–Kier alpha value is -1.58. The van der Waals surface area contributed by atoms with Gasteiger partial charge in [0.1, 0.15) is 6.04 Å². The van der Waals surface area contributed by atoms with Crippen molar-refractivity contribution in [3.8, 4) is 0 Å². The summed E-state index contributed by atoms with van der Waals surface area (Å²) in [6.07, 6.45) is 0.789. The summed E-state index contributed by atoms with van der Waals surface area (Å²) in [5.41, 5.74) is 1.77. The van der Waals surface area contributed by atoms with Crippen molar-refractivity contribution in [1.29, 1.82) is 0 Å². The molecule has 2 rings (SSSR count). The van der Waals surface area contributed by atoms with E-state index in [0.717, 1.165) is 23.6 Å². The molecule has 0 aliphatic carbocycles. The molecule has 4 heteroatoms. The minimum atomic E-state index is -0.105. The van der Waals surface area contributed by atoms with Gasteiger partial charge in [-0.2, -0.15) is 0 Å². The summed E-state index contributed by atoms with van der Waals surface area (Å²) in [4.78, 5) is 18.1. The van der Waals surface area contributed by atoms with Crippen molar-refractivity contribution in [2.75, 3.05) is 17.3 Å². The molecule has 0 radical (unpaired) electrons. The molecule has 1 atom stereocenters. The highest BCUT2D eigenvalue weighted by molar-refractivity contribution is 6.02. The predicted molar refractivity (Wildman–Crippen MR) is 60.1 cm³/mol. The van der Waals surface area contributed by atoms with Crippen LogP contribution in [0.4, 0.5) is 11.5 Å². The molecule has 2 heterocycles. The van der Waals surface area contributed by atoms with Gasteiger partial charge in [0.25, 0.3) is 0 Å². The van der Waals surface area contributed by atoms with Crippen molar-refractivity contribution in [3.63, 3.8) is 0 Å². The van der Waals surface area contributed by atoms with E-state index in [2.05, 4.69) is 10.3 Å². The Morgan fingerprint density at radius 2 is 2.27 bits per heavy atom. The van der Waals surface area contributed by atoms with Gasteiger partial charge in [-0.25, -0.2) is 4.98 Å². The molecular formula is C11H15N3O. The van der Waals surface area contributed by atoms with Crippen molar-refractivity contribution >= 4 is 17.4 Å². The van der Waals surface area contributed by atoms with E-state index < -0.39 is 0 Å². The lowest BCUT2D eigenvalue weighted by Gasteiger charge is -2.33. The number of likely N-dealkylation sites (N-methyl/N-ethyl adjacent to an activating group) is 1. The van der Waals surface area contributed by atoms with Gasteiger partial charge in [0.05, 0.1) is 5.69 Å². The number of pyridine rings is 1. The maximum Gasteiger partial charge on any atom is 0.247 e. The molecule has 0 saturated carbocycles. The molecule has 0 bridgehead atoms. The molecule has 1 aliphatic heterocycles. The molecule has 0 saturated heterocycles. The van der Waals surface area contributed by atoms with Crippen LogP contribution in [0.25, 0.3) is 0 Å². The van der Waals surface area contributed by atoms with E-state index in [0.29, 0.717) is 0 Å². The number of nitrogens with zero attached hydrogens (tertiary/aromatic N) is 2. The first-order chi connectivity index (χ1) is 7.13. The monoisotopic (exact) mass is 205 g/mol. The van der Waals surface area contributed by atoms with Gasteiger partial charge in [-0.1, -0.05) is 6.92 Å². The first-order valence-corrected chi connectivity index (χ1v) is 5.15. The Labute approximate surface area is 89.3 Å². The van der Waals surface area contributed by atoms with Crippen LogP contribution in [0.3, 0.4) is 0 Å². The van der Waals surface area contributed by atoms with E-state index in [9.17, 15) is 4.79 Å². The van der Waals surface area contributed by atoms with Gasteiger partial charge in [0.2, 0.25) is 5.91 Å². The maximum atomic E-state index is 11.7. The van der Waals surface area contributed by atoms with Crippen LogP contribution in [0.1, 0.15) is 19.0 Å². The summed E-state index contributed by atoms with van der Waals surface area (Å²) in [5.74, 6) is 0.916. The summed E-state index contributed by atoms with van der Waals surface area (Å²) in [6, 6.07) is 3.70. The van der Waals surface area contributed by atoms with Gasteiger partial charge in [-0.05, 0) is 25.5 Å². The largest absolute Gasteiger partial charge is 0.346 e. The van der Waals surface area contributed by atoms with Crippen LogP contribution in [0.5, 0.6) is 0 Å². The van der Waals surface area contributed by atoms with Gasteiger partial charge in [-0.15, -0.1) is 0 Å². The Balaban J connectivity index is 2.46. The van der Waals surface area contributed by atoms with Crippen LogP contribution < -0.4 is 10.2 Å². The SMILES string of the molecule is CCC1C(=O)Nc2ccc(C)nc2N1C. The van der Waals surface area contributed by atoms with Crippen molar-refractivity contribution in [1.82, 2.24) is 4.98 Å².